The minimum absolute atomic E-state index is 0.274. The van der Waals surface area contributed by atoms with E-state index in [1.54, 1.807) is 42.6 Å². The lowest BCUT2D eigenvalue weighted by molar-refractivity contribution is 1.18. The third-order valence-electron chi connectivity index (χ3n) is 2.58. The first-order valence-electron chi connectivity index (χ1n) is 5.35. The summed E-state index contributed by atoms with van der Waals surface area (Å²) in [4.78, 5) is 23.1. The lowest BCUT2D eigenvalue weighted by atomic mass is 10.2. The van der Waals surface area contributed by atoms with Crippen LogP contribution < -0.4 is 5.56 Å². The number of hydrogen-bond acceptors (Lipinski definition) is 3. The van der Waals surface area contributed by atoms with Crippen LogP contribution in [0.5, 0.6) is 0 Å². The van der Waals surface area contributed by atoms with Gasteiger partial charge < -0.3 is 4.98 Å². The number of halogens is 1. The molecular weight excluding hydrogens is 250 g/mol. The van der Waals surface area contributed by atoms with Crippen LogP contribution in [0.15, 0.2) is 47.4 Å². The van der Waals surface area contributed by atoms with Gasteiger partial charge in [0.25, 0.3) is 5.56 Å². The third-order valence-corrected chi connectivity index (χ3v) is 2.89. The minimum atomic E-state index is -0.275. The highest BCUT2D eigenvalue weighted by molar-refractivity contribution is 6.34. The molecule has 3 aromatic rings. The van der Waals surface area contributed by atoms with Crippen molar-refractivity contribution in [1.82, 2.24) is 15.0 Å². The summed E-state index contributed by atoms with van der Waals surface area (Å²) in [7, 11) is 0. The molecule has 0 saturated carbocycles. The zero-order valence-electron chi connectivity index (χ0n) is 9.22. The van der Waals surface area contributed by atoms with E-state index in [0.717, 1.165) is 0 Å². The predicted octanol–water partition coefficient (Wildman–Crippen LogP) is 2.64. The summed E-state index contributed by atoms with van der Waals surface area (Å²) in [6.45, 7) is 0. The second-order valence-electron chi connectivity index (χ2n) is 3.77. The molecular formula is C13H8ClN3O. The standard InChI is InChI=1S/C13H8ClN3O/c14-8-4-3-6-10-11(8)17-12(13(18)16-10)9-5-1-2-7-15-9/h1-7H,(H,16,18). The molecule has 0 spiro atoms. The van der Waals surface area contributed by atoms with Crippen molar-refractivity contribution in [2.24, 2.45) is 0 Å². The van der Waals surface area contributed by atoms with Crippen LogP contribution in [0, 0.1) is 0 Å². The summed E-state index contributed by atoms with van der Waals surface area (Å²) in [5.74, 6) is 0. The first-order valence-corrected chi connectivity index (χ1v) is 5.73. The Balaban J connectivity index is 2.35. The molecule has 2 heterocycles. The van der Waals surface area contributed by atoms with E-state index in [4.69, 9.17) is 11.6 Å². The Morgan fingerprint density at radius 1 is 1.11 bits per heavy atom. The highest BCUT2D eigenvalue weighted by atomic mass is 35.5. The van der Waals surface area contributed by atoms with E-state index in [1.165, 1.54) is 0 Å². The van der Waals surface area contributed by atoms with Gasteiger partial charge in [0.1, 0.15) is 5.52 Å². The molecule has 2 aromatic heterocycles. The first kappa shape index (κ1) is 10.9. The van der Waals surface area contributed by atoms with Crippen LogP contribution in [-0.2, 0) is 0 Å². The Hall–Kier alpha value is -2.20. The lowest BCUT2D eigenvalue weighted by Crippen LogP contribution is -2.12. The van der Waals surface area contributed by atoms with Crippen molar-refractivity contribution in [3.05, 3.63) is 58.0 Å². The highest BCUT2D eigenvalue weighted by Gasteiger charge is 2.09. The summed E-state index contributed by atoms with van der Waals surface area (Å²) >= 11 is 6.06. The summed E-state index contributed by atoms with van der Waals surface area (Å²) in [5, 5.41) is 0.501. The highest BCUT2D eigenvalue weighted by Crippen LogP contribution is 2.20. The lowest BCUT2D eigenvalue weighted by Gasteiger charge is -2.03. The largest absolute Gasteiger partial charge is 0.319 e. The zero-order valence-corrected chi connectivity index (χ0v) is 9.98. The van der Waals surface area contributed by atoms with Gasteiger partial charge in [-0.05, 0) is 24.3 Å². The fourth-order valence-corrected chi connectivity index (χ4v) is 1.97. The quantitative estimate of drug-likeness (QED) is 0.729. The number of aromatic amines is 1. The van der Waals surface area contributed by atoms with Crippen molar-refractivity contribution < 1.29 is 0 Å². The molecule has 0 amide bonds. The Morgan fingerprint density at radius 3 is 2.78 bits per heavy atom. The van der Waals surface area contributed by atoms with Gasteiger partial charge in [0, 0.05) is 6.20 Å². The number of para-hydroxylation sites is 1. The molecule has 0 unspecified atom stereocenters. The van der Waals surface area contributed by atoms with Gasteiger partial charge in [-0.15, -0.1) is 0 Å². The van der Waals surface area contributed by atoms with Gasteiger partial charge in [-0.2, -0.15) is 0 Å². The number of H-pyrrole nitrogens is 1. The Kier molecular flexibility index (Phi) is 2.57. The van der Waals surface area contributed by atoms with Crippen LogP contribution in [-0.4, -0.2) is 15.0 Å². The number of benzene rings is 1. The van der Waals surface area contributed by atoms with E-state index in [0.29, 0.717) is 21.7 Å². The maximum Gasteiger partial charge on any atom is 0.276 e. The average molecular weight is 258 g/mol. The Bertz CT molecular complexity index is 768. The SMILES string of the molecule is O=c1[nH]c2cccc(Cl)c2nc1-c1ccccn1. The number of aromatic nitrogens is 3. The summed E-state index contributed by atoms with van der Waals surface area (Å²) < 4.78 is 0. The van der Waals surface area contributed by atoms with Crippen LogP contribution in [0.25, 0.3) is 22.4 Å². The summed E-state index contributed by atoms with van der Waals surface area (Å²) in [6.07, 6.45) is 1.62. The molecule has 0 saturated heterocycles. The van der Waals surface area contributed by atoms with Crippen LogP contribution in [0.2, 0.25) is 5.02 Å². The molecule has 0 fully saturated rings. The van der Waals surface area contributed by atoms with Crippen LogP contribution in [0.1, 0.15) is 0 Å². The molecule has 0 aliphatic rings. The van der Waals surface area contributed by atoms with E-state index in [9.17, 15) is 4.79 Å². The van der Waals surface area contributed by atoms with E-state index in [2.05, 4.69) is 15.0 Å². The van der Waals surface area contributed by atoms with Crippen LogP contribution in [0.3, 0.4) is 0 Å². The Morgan fingerprint density at radius 2 is 2.00 bits per heavy atom. The van der Waals surface area contributed by atoms with Crippen LogP contribution in [0.4, 0.5) is 0 Å². The van der Waals surface area contributed by atoms with Gasteiger partial charge in [0.15, 0.2) is 5.69 Å². The monoisotopic (exact) mass is 257 g/mol. The fraction of sp³-hybridized carbons (Fsp3) is 0. The predicted molar refractivity (Wildman–Crippen MR) is 70.6 cm³/mol. The van der Waals surface area contributed by atoms with Crippen molar-refractivity contribution in [1.29, 1.82) is 0 Å². The number of nitrogens with one attached hydrogen (secondary N) is 1. The number of rotatable bonds is 1. The summed E-state index contributed by atoms with van der Waals surface area (Å²) in [5.41, 5.74) is 1.71. The van der Waals surface area contributed by atoms with E-state index < -0.39 is 0 Å². The molecule has 1 aromatic carbocycles. The average Bonchev–Trinajstić information content (AvgIpc) is 2.39. The van der Waals surface area contributed by atoms with Gasteiger partial charge >= 0.3 is 0 Å². The van der Waals surface area contributed by atoms with Crippen molar-refractivity contribution >= 4 is 22.6 Å². The van der Waals surface area contributed by atoms with E-state index in [1.807, 2.05) is 0 Å². The zero-order chi connectivity index (χ0) is 12.5. The van der Waals surface area contributed by atoms with Crippen LogP contribution >= 0.6 is 11.6 Å². The van der Waals surface area contributed by atoms with Gasteiger partial charge in [-0.25, -0.2) is 4.98 Å². The molecule has 18 heavy (non-hydrogen) atoms. The maximum absolute atomic E-state index is 11.9. The fourth-order valence-electron chi connectivity index (χ4n) is 1.75. The number of fused-ring (bicyclic) bond motifs is 1. The summed E-state index contributed by atoms with van der Waals surface area (Å²) in [6, 6.07) is 10.6. The molecule has 0 aliphatic carbocycles. The van der Waals surface area contributed by atoms with Crippen molar-refractivity contribution in [3.8, 4) is 11.4 Å². The maximum atomic E-state index is 11.9. The molecule has 0 aliphatic heterocycles. The van der Waals surface area contributed by atoms with Gasteiger partial charge in [0.2, 0.25) is 0 Å². The van der Waals surface area contributed by atoms with Crippen molar-refractivity contribution in [2.45, 2.75) is 0 Å². The molecule has 4 nitrogen and oxygen atoms in total. The molecule has 0 radical (unpaired) electrons. The smallest absolute Gasteiger partial charge is 0.276 e. The van der Waals surface area contributed by atoms with Gasteiger partial charge in [0.05, 0.1) is 16.2 Å². The number of pyridine rings is 1. The molecule has 88 valence electrons. The second-order valence-corrected chi connectivity index (χ2v) is 4.17. The van der Waals surface area contributed by atoms with Gasteiger partial charge in [-0.1, -0.05) is 23.7 Å². The molecule has 5 heteroatoms. The molecule has 1 N–H and O–H groups in total. The minimum Gasteiger partial charge on any atom is -0.319 e. The Labute approximate surface area is 107 Å². The number of hydrogen-bond donors (Lipinski definition) is 1. The van der Waals surface area contributed by atoms with E-state index >= 15 is 0 Å². The molecule has 0 bridgehead atoms. The first-order chi connectivity index (χ1) is 8.75. The van der Waals surface area contributed by atoms with Gasteiger partial charge in [-0.3, -0.25) is 9.78 Å². The topological polar surface area (TPSA) is 58.6 Å². The molecule has 3 rings (SSSR count). The number of nitrogens with zero attached hydrogens (tertiary/aromatic N) is 2. The second kappa shape index (κ2) is 4.23. The van der Waals surface area contributed by atoms with Crippen molar-refractivity contribution in [2.75, 3.05) is 0 Å². The van der Waals surface area contributed by atoms with E-state index in [-0.39, 0.29) is 11.3 Å². The van der Waals surface area contributed by atoms with Crippen molar-refractivity contribution in [3.63, 3.8) is 0 Å². The third kappa shape index (κ3) is 1.76. The molecule has 0 atom stereocenters. The normalized spacial score (nSPS) is 10.7.